The van der Waals surface area contributed by atoms with Crippen LogP contribution >= 0.6 is 27.5 Å². The number of phenols is 1. The van der Waals surface area contributed by atoms with Crippen LogP contribution in [-0.2, 0) is 0 Å². The summed E-state index contributed by atoms with van der Waals surface area (Å²) in [5.41, 5.74) is 0.543. The van der Waals surface area contributed by atoms with Crippen molar-refractivity contribution in [2.45, 2.75) is 0 Å². The lowest BCUT2D eigenvalue weighted by Crippen LogP contribution is -2.01. The van der Waals surface area contributed by atoms with Gasteiger partial charge in [-0.25, -0.2) is 0 Å². The quantitative estimate of drug-likeness (QED) is 0.705. The number of methoxy groups -OCH3 is 1. The standard InChI is InChI=1S/C16H10BrClO4/c1-21-16-9(5-6-10(17)14(16)20)13-7-12(19)8-3-2-4-11(18)15(8)22-13/h2-7,20H,1H3. The Hall–Kier alpha value is -1.98. The Morgan fingerprint density at radius 2 is 2.05 bits per heavy atom. The maximum Gasteiger partial charge on any atom is 0.193 e. The summed E-state index contributed by atoms with van der Waals surface area (Å²) in [6.45, 7) is 0. The minimum atomic E-state index is -0.219. The number of aromatic hydroxyl groups is 1. The van der Waals surface area contributed by atoms with E-state index in [9.17, 15) is 9.90 Å². The predicted octanol–water partition coefficient (Wildman–Crippen LogP) is 4.59. The van der Waals surface area contributed by atoms with Crippen LogP contribution in [0.15, 0.2) is 50.1 Å². The first-order valence-electron chi connectivity index (χ1n) is 6.31. The second-order valence-corrected chi connectivity index (χ2v) is 5.83. The van der Waals surface area contributed by atoms with Gasteiger partial charge in [0.15, 0.2) is 22.5 Å². The van der Waals surface area contributed by atoms with E-state index in [4.69, 9.17) is 20.8 Å². The molecule has 0 radical (unpaired) electrons. The summed E-state index contributed by atoms with van der Waals surface area (Å²) < 4.78 is 11.5. The van der Waals surface area contributed by atoms with E-state index in [2.05, 4.69) is 15.9 Å². The Morgan fingerprint density at radius 1 is 1.27 bits per heavy atom. The maximum atomic E-state index is 12.2. The lowest BCUT2D eigenvalue weighted by atomic mass is 10.1. The second-order valence-electron chi connectivity index (χ2n) is 4.57. The van der Waals surface area contributed by atoms with Gasteiger partial charge in [0.1, 0.15) is 5.76 Å². The number of fused-ring (bicyclic) bond motifs is 1. The number of ether oxygens (including phenoxy) is 1. The summed E-state index contributed by atoms with van der Waals surface area (Å²) >= 11 is 9.31. The SMILES string of the molecule is COc1c(-c2cc(=O)c3cccc(Cl)c3o2)ccc(Br)c1O. The molecule has 0 amide bonds. The third kappa shape index (κ3) is 2.36. The summed E-state index contributed by atoms with van der Waals surface area (Å²) in [5.74, 6) is 0.413. The number of phenolic OH excluding ortho intramolecular Hbond substituents is 1. The number of halogens is 2. The van der Waals surface area contributed by atoms with Crippen LogP contribution in [0.2, 0.25) is 5.02 Å². The average molecular weight is 382 g/mol. The van der Waals surface area contributed by atoms with Crippen LogP contribution in [0.4, 0.5) is 0 Å². The molecule has 1 heterocycles. The highest BCUT2D eigenvalue weighted by Gasteiger charge is 2.17. The monoisotopic (exact) mass is 380 g/mol. The zero-order chi connectivity index (χ0) is 15.9. The smallest absolute Gasteiger partial charge is 0.193 e. The van der Waals surface area contributed by atoms with Crippen molar-refractivity contribution >= 4 is 38.5 Å². The van der Waals surface area contributed by atoms with Crippen molar-refractivity contribution in [3.63, 3.8) is 0 Å². The van der Waals surface area contributed by atoms with E-state index >= 15 is 0 Å². The predicted molar refractivity (Wildman–Crippen MR) is 88.8 cm³/mol. The number of benzene rings is 2. The third-order valence-corrected chi connectivity index (χ3v) is 4.20. The van der Waals surface area contributed by atoms with E-state index in [0.29, 0.717) is 26.0 Å². The summed E-state index contributed by atoms with van der Waals surface area (Å²) in [6, 6.07) is 9.66. The Labute approximate surface area is 139 Å². The molecular weight excluding hydrogens is 372 g/mol. The largest absolute Gasteiger partial charge is 0.503 e. The molecule has 22 heavy (non-hydrogen) atoms. The van der Waals surface area contributed by atoms with Crippen molar-refractivity contribution in [3.05, 3.63) is 56.1 Å². The number of rotatable bonds is 2. The summed E-state index contributed by atoms with van der Waals surface area (Å²) in [7, 11) is 1.43. The van der Waals surface area contributed by atoms with Gasteiger partial charge in [-0.1, -0.05) is 17.7 Å². The van der Waals surface area contributed by atoms with Gasteiger partial charge < -0.3 is 14.3 Å². The van der Waals surface area contributed by atoms with Crippen molar-refractivity contribution in [3.8, 4) is 22.8 Å². The van der Waals surface area contributed by atoms with Crippen molar-refractivity contribution in [2.75, 3.05) is 7.11 Å². The first-order valence-corrected chi connectivity index (χ1v) is 7.48. The van der Waals surface area contributed by atoms with Crippen molar-refractivity contribution in [2.24, 2.45) is 0 Å². The molecule has 1 N–H and O–H groups in total. The molecule has 1 aromatic heterocycles. The first kappa shape index (κ1) is 14.9. The minimum Gasteiger partial charge on any atom is -0.503 e. The summed E-state index contributed by atoms with van der Waals surface area (Å²) in [4.78, 5) is 12.2. The van der Waals surface area contributed by atoms with Gasteiger partial charge in [0.25, 0.3) is 0 Å². The third-order valence-electron chi connectivity index (χ3n) is 3.26. The van der Waals surface area contributed by atoms with Crippen molar-refractivity contribution in [1.82, 2.24) is 0 Å². The van der Waals surface area contributed by atoms with Gasteiger partial charge in [0.2, 0.25) is 0 Å². The fraction of sp³-hybridized carbons (Fsp3) is 0.0625. The molecule has 4 nitrogen and oxygen atoms in total. The average Bonchev–Trinajstić information content (AvgIpc) is 2.50. The van der Waals surface area contributed by atoms with Gasteiger partial charge in [-0.2, -0.15) is 0 Å². The molecule has 3 rings (SSSR count). The zero-order valence-electron chi connectivity index (χ0n) is 11.4. The molecule has 0 unspecified atom stereocenters. The number of para-hydroxylation sites is 1. The molecule has 0 aliphatic rings. The molecule has 0 aliphatic carbocycles. The highest BCUT2D eigenvalue weighted by Crippen LogP contribution is 2.42. The molecular formula is C16H10BrClO4. The van der Waals surface area contributed by atoms with Gasteiger partial charge in [-0.05, 0) is 40.2 Å². The van der Waals surface area contributed by atoms with Crippen LogP contribution in [-0.4, -0.2) is 12.2 Å². The van der Waals surface area contributed by atoms with E-state index in [-0.39, 0.29) is 22.7 Å². The van der Waals surface area contributed by atoms with Crippen LogP contribution in [0, 0.1) is 0 Å². The Kier molecular flexibility index (Phi) is 3.85. The zero-order valence-corrected chi connectivity index (χ0v) is 13.7. The highest BCUT2D eigenvalue weighted by molar-refractivity contribution is 9.10. The highest BCUT2D eigenvalue weighted by atomic mass is 79.9. The molecule has 2 aromatic carbocycles. The minimum absolute atomic E-state index is 0.0677. The normalized spacial score (nSPS) is 10.9. The van der Waals surface area contributed by atoms with E-state index < -0.39 is 0 Å². The van der Waals surface area contributed by atoms with Gasteiger partial charge in [-0.15, -0.1) is 0 Å². The fourth-order valence-electron chi connectivity index (χ4n) is 2.22. The van der Waals surface area contributed by atoms with Gasteiger partial charge in [0.05, 0.1) is 27.6 Å². The molecule has 3 aromatic rings. The second kappa shape index (κ2) is 5.66. The maximum absolute atomic E-state index is 12.2. The lowest BCUT2D eigenvalue weighted by Gasteiger charge is -2.11. The van der Waals surface area contributed by atoms with Crippen molar-refractivity contribution in [1.29, 1.82) is 0 Å². The van der Waals surface area contributed by atoms with Crippen LogP contribution in [0.3, 0.4) is 0 Å². The van der Waals surface area contributed by atoms with Gasteiger partial charge in [0, 0.05) is 6.07 Å². The lowest BCUT2D eigenvalue weighted by molar-refractivity contribution is 0.372. The Balaban J connectivity index is 2.35. The fourth-order valence-corrected chi connectivity index (χ4v) is 2.75. The van der Waals surface area contributed by atoms with Gasteiger partial charge in [-0.3, -0.25) is 4.79 Å². The molecule has 0 fully saturated rings. The molecule has 112 valence electrons. The molecule has 0 saturated carbocycles. The molecule has 0 bridgehead atoms. The molecule has 0 saturated heterocycles. The van der Waals surface area contributed by atoms with Crippen LogP contribution in [0.25, 0.3) is 22.3 Å². The van der Waals surface area contributed by atoms with Crippen molar-refractivity contribution < 1.29 is 14.3 Å². The molecule has 0 atom stereocenters. The Morgan fingerprint density at radius 3 is 2.77 bits per heavy atom. The first-order chi connectivity index (χ1) is 10.5. The molecule has 6 heteroatoms. The number of hydrogen-bond acceptors (Lipinski definition) is 4. The van der Waals surface area contributed by atoms with Crippen LogP contribution in [0.5, 0.6) is 11.5 Å². The van der Waals surface area contributed by atoms with Gasteiger partial charge >= 0.3 is 0 Å². The van der Waals surface area contributed by atoms with Crippen LogP contribution in [0.1, 0.15) is 0 Å². The Bertz CT molecular complexity index is 933. The molecule has 0 spiro atoms. The molecule has 0 aliphatic heterocycles. The van der Waals surface area contributed by atoms with E-state index in [1.807, 2.05) is 0 Å². The topological polar surface area (TPSA) is 59.7 Å². The summed E-state index contributed by atoms with van der Waals surface area (Å²) in [5, 5.41) is 10.8. The van der Waals surface area contributed by atoms with E-state index in [0.717, 1.165) is 0 Å². The van der Waals surface area contributed by atoms with E-state index in [1.165, 1.54) is 13.2 Å². The van der Waals surface area contributed by atoms with Crippen LogP contribution < -0.4 is 10.2 Å². The summed E-state index contributed by atoms with van der Waals surface area (Å²) in [6.07, 6.45) is 0. The van der Waals surface area contributed by atoms with E-state index in [1.54, 1.807) is 30.3 Å². The number of hydrogen-bond donors (Lipinski definition) is 1.